The number of thiocarbonyl (C=S) groups is 1. The standard InChI is InChI=1S/C21H22N4S/c22-21(26)25-20-17(13-7-8-14-23-20)19(24-25)18(15-9-3-1-4-10-15)16-11-5-2-6-12-16/h1-6,9-12,18,23H,7-8,13-14H2,(H2,22,26). The highest BCUT2D eigenvalue weighted by atomic mass is 32.1. The first-order valence-corrected chi connectivity index (χ1v) is 9.42. The van der Waals surface area contributed by atoms with E-state index in [1.54, 1.807) is 4.68 Å². The monoisotopic (exact) mass is 362 g/mol. The van der Waals surface area contributed by atoms with Gasteiger partial charge in [0.2, 0.25) is 0 Å². The van der Waals surface area contributed by atoms with E-state index in [0.29, 0.717) is 0 Å². The summed E-state index contributed by atoms with van der Waals surface area (Å²) in [4.78, 5) is 0. The van der Waals surface area contributed by atoms with Gasteiger partial charge in [0.25, 0.3) is 0 Å². The number of rotatable bonds is 3. The predicted octanol–water partition coefficient (Wildman–Crippen LogP) is 3.90. The lowest BCUT2D eigenvalue weighted by molar-refractivity contribution is 0.760. The number of fused-ring (bicyclic) bond motifs is 1. The van der Waals surface area contributed by atoms with E-state index in [4.69, 9.17) is 23.1 Å². The molecule has 0 saturated heterocycles. The van der Waals surface area contributed by atoms with Crippen molar-refractivity contribution in [1.29, 1.82) is 0 Å². The van der Waals surface area contributed by atoms with Gasteiger partial charge in [-0.15, -0.1) is 0 Å². The molecule has 1 aromatic heterocycles. The van der Waals surface area contributed by atoms with Crippen LogP contribution in [0.2, 0.25) is 0 Å². The van der Waals surface area contributed by atoms with E-state index in [2.05, 4.69) is 53.8 Å². The van der Waals surface area contributed by atoms with E-state index in [0.717, 1.165) is 37.3 Å². The molecule has 0 bridgehead atoms. The molecule has 0 fully saturated rings. The molecule has 2 aromatic carbocycles. The smallest absolute Gasteiger partial charge is 0.193 e. The van der Waals surface area contributed by atoms with Crippen LogP contribution in [0.3, 0.4) is 0 Å². The Labute approximate surface area is 159 Å². The SMILES string of the molecule is NC(=S)n1nc(C(c2ccccc2)c2ccccc2)c2c1NCCCC2. The highest BCUT2D eigenvalue weighted by Gasteiger charge is 2.28. The Hall–Kier alpha value is -2.66. The number of hydrogen-bond donors (Lipinski definition) is 2. The van der Waals surface area contributed by atoms with E-state index in [1.165, 1.54) is 16.7 Å². The van der Waals surface area contributed by atoms with Crippen LogP contribution in [-0.2, 0) is 6.42 Å². The Balaban J connectivity index is 1.93. The summed E-state index contributed by atoms with van der Waals surface area (Å²) in [5, 5.41) is 8.64. The van der Waals surface area contributed by atoms with E-state index in [-0.39, 0.29) is 11.0 Å². The molecule has 4 rings (SSSR count). The Morgan fingerprint density at radius 1 is 1.00 bits per heavy atom. The maximum Gasteiger partial charge on any atom is 0.193 e. The molecule has 0 amide bonds. The van der Waals surface area contributed by atoms with Crippen LogP contribution in [-0.4, -0.2) is 21.4 Å². The van der Waals surface area contributed by atoms with Crippen molar-refractivity contribution in [3.05, 3.63) is 83.0 Å². The fourth-order valence-corrected chi connectivity index (χ4v) is 3.85. The van der Waals surface area contributed by atoms with Gasteiger partial charge in [0.15, 0.2) is 5.11 Å². The molecule has 1 aliphatic rings. The van der Waals surface area contributed by atoms with Gasteiger partial charge in [-0.05, 0) is 42.6 Å². The van der Waals surface area contributed by atoms with Crippen LogP contribution in [0.5, 0.6) is 0 Å². The van der Waals surface area contributed by atoms with Crippen molar-refractivity contribution in [2.75, 3.05) is 11.9 Å². The summed E-state index contributed by atoms with van der Waals surface area (Å²) in [7, 11) is 0. The first-order valence-electron chi connectivity index (χ1n) is 9.01. The minimum Gasteiger partial charge on any atom is -0.374 e. The fraction of sp³-hybridized carbons (Fsp3) is 0.238. The zero-order valence-electron chi connectivity index (χ0n) is 14.6. The number of nitrogens with one attached hydrogen (secondary N) is 1. The lowest BCUT2D eigenvalue weighted by atomic mass is 9.86. The van der Waals surface area contributed by atoms with Gasteiger partial charge in [0.05, 0.1) is 11.6 Å². The third kappa shape index (κ3) is 3.10. The van der Waals surface area contributed by atoms with Crippen LogP contribution < -0.4 is 11.1 Å². The molecule has 2 heterocycles. The van der Waals surface area contributed by atoms with Crippen molar-refractivity contribution in [3.63, 3.8) is 0 Å². The molecule has 3 aromatic rings. The number of nitrogens with two attached hydrogens (primary N) is 1. The van der Waals surface area contributed by atoms with Crippen molar-refractivity contribution in [2.24, 2.45) is 5.73 Å². The minimum atomic E-state index is 0.0571. The van der Waals surface area contributed by atoms with Crippen molar-refractivity contribution >= 4 is 23.1 Å². The van der Waals surface area contributed by atoms with E-state index in [9.17, 15) is 0 Å². The fourth-order valence-electron chi connectivity index (χ4n) is 3.72. The zero-order valence-corrected chi connectivity index (χ0v) is 15.4. The number of hydrogen-bond acceptors (Lipinski definition) is 3. The van der Waals surface area contributed by atoms with Crippen LogP contribution in [0, 0.1) is 0 Å². The van der Waals surface area contributed by atoms with Gasteiger partial charge < -0.3 is 11.1 Å². The summed E-state index contributed by atoms with van der Waals surface area (Å²) in [5.74, 6) is 1.02. The van der Waals surface area contributed by atoms with Crippen LogP contribution in [0.4, 0.5) is 5.82 Å². The molecular formula is C21H22N4S. The van der Waals surface area contributed by atoms with Gasteiger partial charge in [-0.2, -0.15) is 9.78 Å². The summed E-state index contributed by atoms with van der Waals surface area (Å²) < 4.78 is 1.70. The quantitative estimate of drug-likeness (QED) is 0.694. The van der Waals surface area contributed by atoms with E-state index in [1.807, 2.05) is 12.1 Å². The Bertz CT molecular complexity index is 863. The second-order valence-electron chi connectivity index (χ2n) is 6.60. The second-order valence-corrected chi connectivity index (χ2v) is 7.02. The summed E-state index contributed by atoms with van der Waals surface area (Å²) >= 11 is 5.26. The molecule has 0 radical (unpaired) electrons. The van der Waals surface area contributed by atoms with Crippen LogP contribution in [0.25, 0.3) is 0 Å². The predicted molar refractivity (Wildman–Crippen MR) is 110 cm³/mol. The first-order chi connectivity index (χ1) is 12.8. The van der Waals surface area contributed by atoms with Crippen molar-refractivity contribution in [1.82, 2.24) is 9.78 Å². The number of aromatic nitrogens is 2. The molecule has 0 unspecified atom stereocenters. The Morgan fingerprint density at radius 2 is 1.62 bits per heavy atom. The molecule has 0 atom stereocenters. The van der Waals surface area contributed by atoms with Gasteiger partial charge in [-0.3, -0.25) is 0 Å². The average molecular weight is 363 g/mol. The lowest BCUT2D eigenvalue weighted by Gasteiger charge is -2.18. The number of anilines is 1. The van der Waals surface area contributed by atoms with E-state index < -0.39 is 0 Å². The van der Waals surface area contributed by atoms with Crippen molar-refractivity contribution in [2.45, 2.75) is 25.2 Å². The van der Waals surface area contributed by atoms with Crippen LogP contribution in [0.15, 0.2) is 60.7 Å². The summed E-state index contributed by atoms with van der Waals surface area (Å²) in [6, 6.07) is 21.0. The molecule has 1 aliphatic heterocycles. The highest BCUT2D eigenvalue weighted by Crippen LogP contribution is 2.37. The average Bonchev–Trinajstić information content (AvgIpc) is 2.86. The Kier molecular flexibility index (Phi) is 4.71. The molecule has 0 saturated carbocycles. The highest BCUT2D eigenvalue weighted by molar-refractivity contribution is 7.80. The topological polar surface area (TPSA) is 55.9 Å². The summed E-state index contributed by atoms with van der Waals surface area (Å²) in [6.45, 7) is 0.919. The van der Waals surface area contributed by atoms with Gasteiger partial charge >= 0.3 is 0 Å². The number of benzene rings is 2. The van der Waals surface area contributed by atoms with Crippen molar-refractivity contribution < 1.29 is 0 Å². The lowest BCUT2D eigenvalue weighted by Crippen LogP contribution is -2.23. The molecule has 5 heteroatoms. The number of nitrogens with zero attached hydrogens (tertiary/aromatic N) is 2. The molecule has 0 aliphatic carbocycles. The first kappa shape index (κ1) is 16.8. The molecule has 132 valence electrons. The molecule has 0 spiro atoms. The van der Waals surface area contributed by atoms with Crippen molar-refractivity contribution in [3.8, 4) is 0 Å². The molecule has 26 heavy (non-hydrogen) atoms. The van der Waals surface area contributed by atoms with Crippen LogP contribution in [0.1, 0.15) is 41.1 Å². The zero-order chi connectivity index (χ0) is 17.9. The molecular weight excluding hydrogens is 340 g/mol. The van der Waals surface area contributed by atoms with E-state index >= 15 is 0 Å². The normalized spacial score (nSPS) is 13.7. The Morgan fingerprint density at radius 3 is 2.19 bits per heavy atom. The van der Waals surface area contributed by atoms with Gasteiger partial charge in [0, 0.05) is 12.1 Å². The largest absolute Gasteiger partial charge is 0.374 e. The summed E-state index contributed by atoms with van der Waals surface area (Å²) in [6.07, 6.45) is 3.25. The maximum atomic E-state index is 5.97. The minimum absolute atomic E-state index is 0.0571. The van der Waals surface area contributed by atoms with Gasteiger partial charge in [-0.25, -0.2) is 0 Å². The van der Waals surface area contributed by atoms with Gasteiger partial charge in [0.1, 0.15) is 5.82 Å². The second kappa shape index (κ2) is 7.30. The summed E-state index contributed by atoms with van der Waals surface area (Å²) in [5.41, 5.74) is 10.7. The third-order valence-electron chi connectivity index (χ3n) is 4.91. The van der Waals surface area contributed by atoms with Crippen LogP contribution >= 0.6 is 12.2 Å². The van der Waals surface area contributed by atoms with Gasteiger partial charge in [-0.1, -0.05) is 60.7 Å². The molecule has 3 N–H and O–H groups in total. The maximum absolute atomic E-state index is 5.97. The molecule has 4 nitrogen and oxygen atoms in total. The third-order valence-corrected chi connectivity index (χ3v) is 5.08.